The molecule has 114 valence electrons. The molecule has 1 N–H and O–H groups in total. The molecule has 4 heteroatoms. The molecule has 1 aromatic heterocycles. The summed E-state index contributed by atoms with van der Waals surface area (Å²) in [7, 11) is 2.01. The Bertz CT molecular complexity index is 604. The molecule has 0 aliphatic heterocycles. The Morgan fingerprint density at radius 3 is 2.67 bits per heavy atom. The zero-order valence-corrected chi connectivity index (χ0v) is 14.0. The van der Waals surface area contributed by atoms with Crippen LogP contribution in [-0.2, 0) is 19.4 Å². The number of nitrogens with one attached hydrogen (secondary N) is 1. The summed E-state index contributed by atoms with van der Waals surface area (Å²) in [6.07, 6.45) is 1.88. The lowest BCUT2D eigenvalue weighted by atomic mass is 10.0. The number of benzene rings is 1. The first-order chi connectivity index (χ1) is 10.0. The topological polar surface area (TPSA) is 29.9 Å². The van der Waals surface area contributed by atoms with E-state index in [0.717, 1.165) is 35.8 Å². The fourth-order valence-electron chi connectivity index (χ4n) is 2.70. The SMILES string of the molecule is CCn1nc(C)c(Cl)c1CC(Cc1cccc(C)c1)NC. The highest BCUT2D eigenvalue weighted by molar-refractivity contribution is 6.31. The summed E-state index contributed by atoms with van der Waals surface area (Å²) in [5.41, 5.74) is 4.70. The average molecular weight is 306 g/mol. The van der Waals surface area contributed by atoms with Crippen LogP contribution in [0.15, 0.2) is 24.3 Å². The summed E-state index contributed by atoms with van der Waals surface area (Å²) in [5, 5.41) is 8.71. The molecule has 0 amide bonds. The molecule has 0 saturated carbocycles. The van der Waals surface area contributed by atoms with Crippen LogP contribution in [0.1, 0.15) is 29.4 Å². The van der Waals surface area contributed by atoms with Crippen molar-refractivity contribution in [3.8, 4) is 0 Å². The fourth-order valence-corrected chi connectivity index (χ4v) is 2.91. The molecule has 0 aliphatic carbocycles. The summed E-state index contributed by atoms with van der Waals surface area (Å²) in [6, 6.07) is 9.02. The maximum atomic E-state index is 6.41. The van der Waals surface area contributed by atoms with Crippen molar-refractivity contribution in [3.05, 3.63) is 51.8 Å². The van der Waals surface area contributed by atoms with Crippen molar-refractivity contribution in [2.24, 2.45) is 0 Å². The average Bonchev–Trinajstić information content (AvgIpc) is 2.74. The third kappa shape index (κ3) is 3.86. The van der Waals surface area contributed by atoms with Crippen LogP contribution < -0.4 is 5.32 Å². The molecule has 0 bridgehead atoms. The normalized spacial score (nSPS) is 12.6. The highest BCUT2D eigenvalue weighted by Gasteiger charge is 2.17. The number of hydrogen-bond acceptors (Lipinski definition) is 2. The second-order valence-corrected chi connectivity index (χ2v) is 5.92. The van der Waals surface area contributed by atoms with Crippen molar-refractivity contribution in [1.82, 2.24) is 15.1 Å². The number of nitrogens with zero attached hydrogens (tertiary/aromatic N) is 2. The predicted octanol–water partition coefficient (Wildman–Crippen LogP) is 3.55. The lowest BCUT2D eigenvalue weighted by Crippen LogP contribution is -2.31. The number of aromatic nitrogens is 2. The lowest BCUT2D eigenvalue weighted by molar-refractivity contribution is 0.520. The molecule has 2 aromatic rings. The van der Waals surface area contributed by atoms with Crippen LogP contribution in [-0.4, -0.2) is 22.9 Å². The Balaban J connectivity index is 2.16. The van der Waals surface area contributed by atoms with Gasteiger partial charge in [0.15, 0.2) is 0 Å². The van der Waals surface area contributed by atoms with Gasteiger partial charge in [-0.1, -0.05) is 41.4 Å². The van der Waals surface area contributed by atoms with Gasteiger partial charge in [0.2, 0.25) is 0 Å². The Labute approximate surface area is 132 Å². The van der Waals surface area contributed by atoms with Crippen molar-refractivity contribution in [2.75, 3.05) is 7.05 Å². The molecule has 1 unspecified atom stereocenters. The van der Waals surface area contributed by atoms with Gasteiger partial charge < -0.3 is 5.32 Å². The number of rotatable bonds is 6. The first-order valence-electron chi connectivity index (χ1n) is 7.49. The first kappa shape index (κ1) is 16.1. The number of likely N-dealkylation sites (N-methyl/N-ethyl adjacent to an activating group) is 1. The zero-order valence-electron chi connectivity index (χ0n) is 13.3. The van der Waals surface area contributed by atoms with Gasteiger partial charge in [-0.2, -0.15) is 5.10 Å². The Hall–Kier alpha value is -1.32. The molecule has 1 heterocycles. The van der Waals surface area contributed by atoms with Crippen molar-refractivity contribution in [2.45, 2.75) is 46.2 Å². The van der Waals surface area contributed by atoms with E-state index in [1.54, 1.807) is 0 Å². The summed E-state index contributed by atoms with van der Waals surface area (Å²) >= 11 is 6.41. The minimum atomic E-state index is 0.352. The standard InChI is InChI=1S/C17H24ClN3/c1-5-21-16(17(18)13(3)20-21)11-15(19-4)10-14-8-6-7-12(2)9-14/h6-9,15,19H,5,10-11H2,1-4H3. The minimum Gasteiger partial charge on any atom is -0.316 e. The van der Waals surface area contributed by atoms with Crippen molar-refractivity contribution in [1.29, 1.82) is 0 Å². The molecular weight excluding hydrogens is 282 g/mol. The van der Waals surface area contributed by atoms with Crippen molar-refractivity contribution >= 4 is 11.6 Å². The van der Waals surface area contributed by atoms with Gasteiger partial charge in [-0.15, -0.1) is 0 Å². The van der Waals surface area contributed by atoms with Gasteiger partial charge in [0, 0.05) is 19.0 Å². The van der Waals surface area contributed by atoms with Gasteiger partial charge in [0.25, 0.3) is 0 Å². The van der Waals surface area contributed by atoms with Gasteiger partial charge >= 0.3 is 0 Å². The van der Waals surface area contributed by atoms with Crippen LogP contribution in [0.4, 0.5) is 0 Å². The van der Waals surface area contributed by atoms with Crippen molar-refractivity contribution in [3.63, 3.8) is 0 Å². The van der Waals surface area contributed by atoms with E-state index in [4.69, 9.17) is 11.6 Å². The molecule has 0 radical (unpaired) electrons. The fraction of sp³-hybridized carbons (Fsp3) is 0.471. The van der Waals surface area contributed by atoms with Gasteiger partial charge in [-0.25, -0.2) is 0 Å². The van der Waals surface area contributed by atoms with Crippen LogP contribution in [0, 0.1) is 13.8 Å². The van der Waals surface area contributed by atoms with E-state index in [1.165, 1.54) is 11.1 Å². The maximum absolute atomic E-state index is 6.41. The lowest BCUT2D eigenvalue weighted by Gasteiger charge is -2.17. The van der Waals surface area contributed by atoms with Gasteiger partial charge in [0.05, 0.1) is 16.4 Å². The molecule has 0 spiro atoms. The van der Waals surface area contributed by atoms with E-state index in [-0.39, 0.29) is 0 Å². The molecule has 0 saturated heterocycles. The highest BCUT2D eigenvalue weighted by atomic mass is 35.5. The number of aryl methyl sites for hydroxylation is 3. The molecule has 21 heavy (non-hydrogen) atoms. The summed E-state index contributed by atoms with van der Waals surface area (Å²) in [4.78, 5) is 0. The number of halogens is 1. The quantitative estimate of drug-likeness (QED) is 0.884. The second kappa shape index (κ2) is 7.10. The van der Waals surface area contributed by atoms with E-state index in [9.17, 15) is 0 Å². The minimum absolute atomic E-state index is 0.352. The molecule has 0 fully saturated rings. The van der Waals surface area contributed by atoms with E-state index in [1.807, 2.05) is 18.7 Å². The Morgan fingerprint density at radius 2 is 2.05 bits per heavy atom. The van der Waals surface area contributed by atoms with Crippen molar-refractivity contribution < 1.29 is 0 Å². The first-order valence-corrected chi connectivity index (χ1v) is 7.87. The second-order valence-electron chi connectivity index (χ2n) is 5.54. The van der Waals surface area contributed by atoms with E-state index in [0.29, 0.717) is 6.04 Å². The maximum Gasteiger partial charge on any atom is 0.0847 e. The van der Waals surface area contributed by atoms with Gasteiger partial charge in [0.1, 0.15) is 0 Å². The van der Waals surface area contributed by atoms with Gasteiger partial charge in [-0.05, 0) is 39.8 Å². The molecule has 3 nitrogen and oxygen atoms in total. The van der Waals surface area contributed by atoms with E-state index in [2.05, 4.69) is 48.5 Å². The third-order valence-corrected chi connectivity index (χ3v) is 4.36. The smallest absolute Gasteiger partial charge is 0.0847 e. The Kier molecular flexibility index (Phi) is 5.43. The van der Waals surface area contributed by atoms with Crippen LogP contribution in [0.5, 0.6) is 0 Å². The predicted molar refractivity (Wildman–Crippen MR) is 89.1 cm³/mol. The van der Waals surface area contributed by atoms with Gasteiger partial charge in [-0.3, -0.25) is 4.68 Å². The number of hydrogen-bond donors (Lipinski definition) is 1. The van der Waals surface area contributed by atoms with Crippen LogP contribution in [0.2, 0.25) is 5.02 Å². The summed E-state index contributed by atoms with van der Waals surface area (Å²) < 4.78 is 2.01. The molecular formula is C17H24ClN3. The van der Waals surface area contributed by atoms with Crippen LogP contribution in [0.3, 0.4) is 0 Å². The molecule has 2 rings (SSSR count). The zero-order chi connectivity index (χ0) is 15.4. The molecule has 1 atom stereocenters. The third-order valence-electron chi connectivity index (χ3n) is 3.87. The van der Waals surface area contributed by atoms with Crippen LogP contribution >= 0.6 is 11.6 Å². The largest absolute Gasteiger partial charge is 0.316 e. The molecule has 0 aliphatic rings. The van der Waals surface area contributed by atoms with E-state index >= 15 is 0 Å². The highest BCUT2D eigenvalue weighted by Crippen LogP contribution is 2.22. The Morgan fingerprint density at radius 1 is 1.29 bits per heavy atom. The van der Waals surface area contributed by atoms with E-state index < -0.39 is 0 Å². The summed E-state index contributed by atoms with van der Waals surface area (Å²) in [6.45, 7) is 7.04. The summed E-state index contributed by atoms with van der Waals surface area (Å²) in [5.74, 6) is 0. The molecule has 1 aromatic carbocycles. The van der Waals surface area contributed by atoms with Crippen LogP contribution in [0.25, 0.3) is 0 Å². The monoisotopic (exact) mass is 305 g/mol.